The topological polar surface area (TPSA) is 29.1 Å². The van der Waals surface area contributed by atoms with Crippen LogP contribution >= 0.6 is 15.9 Å². The Morgan fingerprint density at radius 1 is 1.16 bits per heavy atom. The number of hydrogen-bond donors (Lipinski definition) is 1. The lowest BCUT2D eigenvalue weighted by atomic mass is 10.1. The molecule has 1 aromatic rings. The maximum absolute atomic E-state index is 12.3. The van der Waals surface area contributed by atoms with Crippen LogP contribution in [-0.4, -0.2) is 18.6 Å². The second-order valence-electron chi connectivity index (χ2n) is 3.49. The minimum atomic E-state index is -4.59. The van der Waals surface area contributed by atoms with Crippen molar-refractivity contribution >= 4 is 21.8 Å². The first-order valence-electron chi connectivity index (χ1n) is 4.72. The number of nitrogens with one attached hydrogen (secondary N) is 1. The molecule has 1 amide bonds. The molecular formula is C10H6BrF6NO. The maximum Gasteiger partial charge on any atom is 0.416 e. The highest BCUT2D eigenvalue weighted by molar-refractivity contribution is 9.10. The van der Waals surface area contributed by atoms with Crippen molar-refractivity contribution in [3.8, 4) is 0 Å². The summed E-state index contributed by atoms with van der Waals surface area (Å²) in [6.07, 6.45) is -9.18. The van der Waals surface area contributed by atoms with E-state index in [0.29, 0.717) is 12.1 Å². The Hall–Kier alpha value is -1.25. The van der Waals surface area contributed by atoms with Gasteiger partial charge in [-0.25, -0.2) is 0 Å². The summed E-state index contributed by atoms with van der Waals surface area (Å²) in [5.41, 5.74) is -1.32. The zero-order valence-corrected chi connectivity index (χ0v) is 10.6. The minimum absolute atomic E-state index is 0.234. The molecule has 0 saturated heterocycles. The van der Waals surface area contributed by atoms with Crippen LogP contribution < -0.4 is 5.32 Å². The van der Waals surface area contributed by atoms with E-state index in [1.54, 1.807) is 5.32 Å². The smallest absolute Gasteiger partial charge is 0.343 e. The van der Waals surface area contributed by atoms with Crippen LogP contribution in [0.2, 0.25) is 0 Å². The number of rotatable bonds is 2. The molecule has 19 heavy (non-hydrogen) atoms. The summed E-state index contributed by atoms with van der Waals surface area (Å²) in [5.74, 6) is -1.11. The van der Waals surface area contributed by atoms with Gasteiger partial charge in [0.05, 0.1) is 11.1 Å². The van der Waals surface area contributed by atoms with Crippen molar-refractivity contribution in [1.82, 2.24) is 5.32 Å². The highest BCUT2D eigenvalue weighted by Gasteiger charge is 2.32. The van der Waals surface area contributed by atoms with Gasteiger partial charge in [-0.05, 0) is 34.1 Å². The Morgan fingerprint density at radius 3 is 2.16 bits per heavy atom. The third kappa shape index (κ3) is 4.73. The Bertz CT molecular complexity index is 482. The molecule has 0 aromatic heterocycles. The first-order valence-corrected chi connectivity index (χ1v) is 5.52. The van der Waals surface area contributed by atoms with Gasteiger partial charge in [0.25, 0.3) is 5.91 Å². The van der Waals surface area contributed by atoms with Crippen LogP contribution in [0.3, 0.4) is 0 Å². The summed E-state index contributed by atoms with van der Waals surface area (Å²) < 4.78 is 72.4. The van der Waals surface area contributed by atoms with Gasteiger partial charge < -0.3 is 5.32 Å². The number of benzene rings is 1. The van der Waals surface area contributed by atoms with Gasteiger partial charge in [0.1, 0.15) is 6.54 Å². The third-order valence-electron chi connectivity index (χ3n) is 1.99. The fourth-order valence-corrected chi connectivity index (χ4v) is 1.71. The zero-order chi connectivity index (χ0) is 14.8. The molecule has 0 aliphatic heterocycles. The molecule has 0 atom stereocenters. The fourth-order valence-electron chi connectivity index (χ4n) is 1.15. The summed E-state index contributed by atoms with van der Waals surface area (Å²) >= 11 is 2.72. The van der Waals surface area contributed by atoms with Crippen molar-refractivity contribution in [2.75, 3.05) is 6.54 Å². The summed E-state index contributed by atoms with van der Waals surface area (Å²) in [6.45, 7) is -1.56. The average molecular weight is 350 g/mol. The second-order valence-corrected chi connectivity index (χ2v) is 4.34. The molecule has 0 heterocycles. The number of alkyl halides is 6. The minimum Gasteiger partial charge on any atom is -0.343 e. The molecule has 9 heteroatoms. The summed E-state index contributed by atoms with van der Waals surface area (Å²) in [5, 5.41) is 1.56. The highest BCUT2D eigenvalue weighted by atomic mass is 79.9. The van der Waals surface area contributed by atoms with Gasteiger partial charge >= 0.3 is 12.4 Å². The molecule has 0 fully saturated rings. The fraction of sp³-hybridized carbons (Fsp3) is 0.300. The summed E-state index contributed by atoms with van der Waals surface area (Å²) in [7, 11) is 0. The molecule has 0 unspecified atom stereocenters. The van der Waals surface area contributed by atoms with Crippen molar-refractivity contribution in [3.63, 3.8) is 0 Å². The number of carbonyl (C=O) groups excluding carboxylic acids is 1. The normalized spacial score (nSPS) is 12.4. The number of amides is 1. The first-order chi connectivity index (χ1) is 8.50. The van der Waals surface area contributed by atoms with Crippen LogP contribution in [-0.2, 0) is 6.18 Å². The van der Waals surface area contributed by atoms with Crippen LogP contribution in [0.25, 0.3) is 0 Å². The molecule has 0 aliphatic rings. The van der Waals surface area contributed by atoms with E-state index in [4.69, 9.17) is 0 Å². The molecule has 0 spiro atoms. The van der Waals surface area contributed by atoms with Crippen molar-refractivity contribution < 1.29 is 31.1 Å². The molecule has 0 aliphatic carbocycles. The van der Waals surface area contributed by atoms with Crippen molar-refractivity contribution in [2.45, 2.75) is 12.4 Å². The maximum atomic E-state index is 12.3. The highest BCUT2D eigenvalue weighted by Crippen LogP contribution is 2.32. The van der Waals surface area contributed by atoms with Crippen molar-refractivity contribution in [2.24, 2.45) is 0 Å². The SMILES string of the molecule is O=C(NCC(F)(F)F)c1ccc(C(F)(F)F)cc1Br. The molecule has 1 aromatic carbocycles. The van der Waals surface area contributed by atoms with Crippen LogP contribution in [0.5, 0.6) is 0 Å². The lowest BCUT2D eigenvalue weighted by Crippen LogP contribution is -2.33. The van der Waals surface area contributed by atoms with Crippen LogP contribution in [0.4, 0.5) is 26.3 Å². The average Bonchev–Trinajstić information content (AvgIpc) is 2.23. The Labute approximate surface area is 111 Å². The zero-order valence-electron chi connectivity index (χ0n) is 8.99. The molecule has 1 rings (SSSR count). The Balaban J connectivity index is 2.88. The molecule has 0 bridgehead atoms. The second kappa shape index (κ2) is 5.40. The molecular weight excluding hydrogens is 344 g/mol. The van der Waals surface area contributed by atoms with E-state index in [0.717, 1.165) is 6.07 Å². The van der Waals surface area contributed by atoms with Gasteiger partial charge in [0, 0.05) is 4.47 Å². The molecule has 106 valence electrons. The van der Waals surface area contributed by atoms with E-state index in [9.17, 15) is 31.1 Å². The largest absolute Gasteiger partial charge is 0.416 e. The Kier molecular flexibility index (Phi) is 4.49. The summed E-state index contributed by atoms with van der Waals surface area (Å²) in [4.78, 5) is 11.4. The lowest BCUT2D eigenvalue weighted by Gasteiger charge is -2.11. The van der Waals surface area contributed by atoms with Gasteiger partial charge in [-0.2, -0.15) is 26.3 Å². The van der Waals surface area contributed by atoms with Gasteiger partial charge in [0.2, 0.25) is 0 Å². The monoisotopic (exact) mass is 349 g/mol. The van der Waals surface area contributed by atoms with Gasteiger partial charge in [-0.3, -0.25) is 4.79 Å². The van der Waals surface area contributed by atoms with Gasteiger partial charge in [0.15, 0.2) is 0 Å². The van der Waals surface area contributed by atoms with Crippen LogP contribution in [0.1, 0.15) is 15.9 Å². The number of halogens is 7. The standard InChI is InChI=1S/C10H6BrF6NO/c11-7-3-5(10(15,16)17)1-2-6(7)8(19)18-4-9(12,13)14/h1-3H,4H2,(H,18,19). The third-order valence-corrected chi connectivity index (χ3v) is 2.65. The van der Waals surface area contributed by atoms with Crippen molar-refractivity contribution in [3.05, 3.63) is 33.8 Å². The number of hydrogen-bond acceptors (Lipinski definition) is 1. The first kappa shape index (κ1) is 15.8. The van der Waals surface area contributed by atoms with E-state index in [1.807, 2.05) is 0 Å². The van der Waals surface area contributed by atoms with E-state index in [-0.39, 0.29) is 10.0 Å². The molecule has 0 saturated carbocycles. The van der Waals surface area contributed by atoms with E-state index in [1.165, 1.54) is 0 Å². The van der Waals surface area contributed by atoms with Crippen LogP contribution in [0, 0.1) is 0 Å². The predicted molar refractivity (Wildman–Crippen MR) is 57.5 cm³/mol. The molecule has 0 radical (unpaired) electrons. The number of carbonyl (C=O) groups is 1. The Morgan fingerprint density at radius 2 is 1.74 bits per heavy atom. The quantitative estimate of drug-likeness (QED) is 0.809. The van der Waals surface area contributed by atoms with E-state index in [2.05, 4.69) is 15.9 Å². The summed E-state index contributed by atoms with van der Waals surface area (Å²) in [6, 6.07) is 2.05. The molecule has 2 nitrogen and oxygen atoms in total. The van der Waals surface area contributed by atoms with Crippen LogP contribution in [0.15, 0.2) is 22.7 Å². The van der Waals surface area contributed by atoms with E-state index < -0.39 is 30.4 Å². The van der Waals surface area contributed by atoms with Gasteiger partial charge in [-0.15, -0.1) is 0 Å². The lowest BCUT2D eigenvalue weighted by molar-refractivity contribution is -0.137. The predicted octanol–water partition coefficient (Wildman–Crippen LogP) is 3.76. The van der Waals surface area contributed by atoms with Gasteiger partial charge in [-0.1, -0.05) is 0 Å². The van der Waals surface area contributed by atoms with E-state index >= 15 is 0 Å². The van der Waals surface area contributed by atoms with Crippen molar-refractivity contribution in [1.29, 1.82) is 0 Å². The molecule has 1 N–H and O–H groups in total.